The molecule has 0 bridgehead atoms. The van der Waals surface area contributed by atoms with Crippen LogP contribution >= 0.6 is 0 Å². The first kappa shape index (κ1) is 26.1. The second-order valence-corrected chi connectivity index (χ2v) is 11.2. The molecular weight excluding hydrogens is 523 g/mol. The Morgan fingerprint density at radius 2 is 1.84 bits per heavy atom. The van der Waals surface area contributed by atoms with Crippen molar-refractivity contribution in [2.24, 2.45) is 7.05 Å². The highest BCUT2D eigenvalue weighted by Crippen LogP contribution is 2.33. The fraction of sp³-hybridized carbons (Fsp3) is 0.375. The summed E-state index contributed by atoms with van der Waals surface area (Å²) < 4.78 is 71.3. The molecule has 0 atom stereocenters. The largest absolute Gasteiger partial charge is 0.435 e. The van der Waals surface area contributed by atoms with E-state index in [0.29, 0.717) is 36.9 Å². The molecule has 0 aliphatic heterocycles. The van der Waals surface area contributed by atoms with E-state index in [1.807, 2.05) is 6.92 Å². The third-order valence-electron chi connectivity index (χ3n) is 6.76. The summed E-state index contributed by atoms with van der Waals surface area (Å²) in [4.78, 5) is 8.60. The van der Waals surface area contributed by atoms with E-state index in [2.05, 4.69) is 19.8 Å². The molecule has 1 saturated carbocycles. The highest BCUT2D eigenvalue weighted by Gasteiger charge is 2.35. The number of halogens is 3. The Morgan fingerprint density at radius 1 is 1.13 bits per heavy atom. The number of nitrogen functional groups attached to an aromatic ring is 1. The molecule has 5 rings (SSSR count). The molecule has 38 heavy (non-hydrogen) atoms. The van der Waals surface area contributed by atoms with Gasteiger partial charge in [-0.3, -0.25) is 9.08 Å². The summed E-state index contributed by atoms with van der Waals surface area (Å²) in [6.07, 6.45) is 0.139. The Morgan fingerprint density at radius 3 is 2.50 bits per heavy atom. The fourth-order valence-electron chi connectivity index (χ4n) is 4.71. The van der Waals surface area contributed by atoms with Crippen molar-refractivity contribution in [1.82, 2.24) is 28.9 Å². The first-order chi connectivity index (χ1) is 17.8. The summed E-state index contributed by atoms with van der Waals surface area (Å²) in [6.45, 7) is 1.81. The van der Waals surface area contributed by atoms with Crippen LogP contribution in [0.3, 0.4) is 0 Å². The van der Waals surface area contributed by atoms with Crippen LogP contribution in [0.15, 0.2) is 41.6 Å². The lowest BCUT2D eigenvalue weighted by Gasteiger charge is -2.26. The highest BCUT2D eigenvalue weighted by atomic mass is 32.2. The Kier molecular flexibility index (Phi) is 6.44. The van der Waals surface area contributed by atoms with Gasteiger partial charge in [-0.2, -0.15) is 18.3 Å². The van der Waals surface area contributed by atoms with E-state index < -0.39 is 28.0 Å². The van der Waals surface area contributed by atoms with Crippen LogP contribution in [0.4, 0.5) is 19.0 Å². The van der Waals surface area contributed by atoms with Crippen LogP contribution in [-0.4, -0.2) is 49.8 Å². The van der Waals surface area contributed by atoms with E-state index in [4.69, 9.17) is 5.73 Å². The van der Waals surface area contributed by atoms with Gasteiger partial charge in [0.05, 0.1) is 28.6 Å². The summed E-state index contributed by atoms with van der Waals surface area (Å²) in [5.41, 5.74) is 7.36. The molecule has 1 aliphatic carbocycles. The first-order valence-electron chi connectivity index (χ1n) is 11.9. The topological polar surface area (TPSA) is 140 Å². The Labute approximate surface area is 216 Å². The zero-order valence-corrected chi connectivity index (χ0v) is 21.4. The molecule has 10 nitrogen and oxygen atoms in total. The third-order valence-corrected chi connectivity index (χ3v) is 8.28. The minimum Gasteiger partial charge on any atom is -0.393 e. The zero-order chi connectivity index (χ0) is 27.4. The van der Waals surface area contributed by atoms with Gasteiger partial charge in [-0.1, -0.05) is 6.07 Å². The summed E-state index contributed by atoms with van der Waals surface area (Å²) in [6, 6.07) is 5.34. The van der Waals surface area contributed by atoms with Crippen LogP contribution in [0.5, 0.6) is 0 Å². The molecule has 1 fully saturated rings. The molecule has 0 amide bonds. The van der Waals surface area contributed by atoms with E-state index >= 15 is 0 Å². The molecule has 3 heterocycles. The number of hydrogen-bond acceptors (Lipinski definition) is 7. The van der Waals surface area contributed by atoms with Crippen LogP contribution in [0.2, 0.25) is 0 Å². The number of benzene rings is 1. The van der Waals surface area contributed by atoms with Crippen molar-refractivity contribution < 1.29 is 26.7 Å². The number of nitrogens with one attached hydrogen (secondary N) is 1. The van der Waals surface area contributed by atoms with Crippen molar-refractivity contribution in [3.63, 3.8) is 0 Å². The van der Waals surface area contributed by atoms with Gasteiger partial charge in [0.1, 0.15) is 5.69 Å². The van der Waals surface area contributed by atoms with Crippen molar-refractivity contribution in [3.8, 4) is 22.6 Å². The average molecular weight is 550 g/mol. The number of alkyl halides is 3. The monoisotopic (exact) mass is 549 g/mol. The summed E-state index contributed by atoms with van der Waals surface area (Å²) >= 11 is 0. The predicted molar refractivity (Wildman–Crippen MR) is 133 cm³/mol. The number of hydrogen-bond donors (Lipinski definition) is 3. The quantitative estimate of drug-likeness (QED) is 0.347. The van der Waals surface area contributed by atoms with Crippen LogP contribution in [0, 0.1) is 6.92 Å². The lowest BCUT2D eigenvalue weighted by Crippen LogP contribution is -2.38. The normalized spacial score (nSPS) is 18.8. The number of sulfonamides is 1. The van der Waals surface area contributed by atoms with Gasteiger partial charge in [-0.15, -0.1) is 0 Å². The predicted octanol–water partition coefficient (Wildman–Crippen LogP) is 3.29. The number of aliphatic hydroxyl groups is 1. The molecule has 3 aromatic heterocycles. The molecular formula is C24H26F3N7O3S. The van der Waals surface area contributed by atoms with Crippen LogP contribution in [0.25, 0.3) is 28.3 Å². The van der Waals surface area contributed by atoms with E-state index in [0.717, 1.165) is 16.3 Å². The minimum atomic E-state index is -4.62. The second kappa shape index (κ2) is 9.36. The second-order valence-electron chi connectivity index (χ2n) is 9.49. The van der Waals surface area contributed by atoms with E-state index in [1.54, 1.807) is 10.5 Å². The number of aromatic nitrogens is 5. The summed E-state index contributed by atoms with van der Waals surface area (Å²) in [7, 11) is -2.48. The maximum absolute atomic E-state index is 13.2. The van der Waals surface area contributed by atoms with Crippen molar-refractivity contribution in [2.45, 2.75) is 55.8 Å². The maximum atomic E-state index is 13.2. The fourth-order valence-corrected chi connectivity index (χ4v) is 6.04. The number of nitrogens with zero attached hydrogens (tertiary/aromatic N) is 5. The molecule has 0 unspecified atom stereocenters. The van der Waals surface area contributed by atoms with Crippen LogP contribution < -0.4 is 10.5 Å². The summed E-state index contributed by atoms with van der Waals surface area (Å²) in [5.74, 6) is -0.00825. The number of aliphatic hydroxyl groups excluding tert-OH is 1. The summed E-state index contributed by atoms with van der Waals surface area (Å²) in [5, 5.41) is 13.3. The Balaban J connectivity index is 1.56. The van der Waals surface area contributed by atoms with Gasteiger partial charge in [0.15, 0.2) is 17.2 Å². The van der Waals surface area contributed by atoms with E-state index in [1.165, 1.54) is 31.6 Å². The SMILES string of the molecule is Cc1ccc(S(=O)(=O)N[C@H]2CC[C@H](O)CC2)cc1-c1cnc2c(N)nc(-c3cc(C(F)(F)F)nn3C)cn12. The molecule has 0 radical (unpaired) electrons. The number of nitrogens with two attached hydrogens (primary N) is 1. The van der Waals surface area contributed by atoms with Crippen molar-refractivity contribution in [2.75, 3.05) is 5.73 Å². The molecule has 1 aliphatic rings. The number of rotatable bonds is 5. The first-order valence-corrected chi connectivity index (χ1v) is 13.4. The van der Waals surface area contributed by atoms with Crippen LogP contribution in [0.1, 0.15) is 36.9 Å². The standard InChI is InChI=1S/C24H26F3N7O3S/c1-13-3-8-16(38(36,37)32-14-4-6-15(35)7-5-14)9-17(13)20-11-29-23-22(28)30-18(12-34(20)23)19-10-21(24(25,26)27)31-33(19)2/h3,8-12,14-15,32,35H,4-7H2,1-2H3,(H2,28,30)/t14-,15-. The molecule has 14 heteroatoms. The van der Waals surface area contributed by atoms with Gasteiger partial charge in [-0.25, -0.2) is 23.1 Å². The number of imidazole rings is 1. The lowest BCUT2D eigenvalue weighted by atomic mass is 9.94. The van der Waals surface area contributed by atoms with Crippen molar-refractivity contribution >= 4 is 21.5 Å². The van der Waals surface area contributed by atoms with Gasteiger partial charge < -0.3 is 10.8 Å². The molecule has 202 valence electrons. The Hall–Kier alpha value is -3.49. The van der Waals surface area contributed by atoms with Gasteiger partial charge in [0.25, 0.3) is 0 Å². The van der Waals surface area contributed by atoms with Crippen molar-refractivity contribution in [1.29, 1.82) is 0 Å². The molecule has 4 N–H and O–H groups in total. The van der Waals surface area contributed by atoms with Crippen molar-refractivity contribution in [3.05, 3.63) is 47.9 Å². The molecule has 1 aromatic carbocycles. The third kappa shape index (κ3) is 4.86. The van der Waals surface area contributed by atoms with Gasteiger partial charge in [0, 0.05) is 24.8 Å². The maximum Gasteiger partial charge on any atom is 0.435 e. The number of aryl methyl sites for hydroxylation is 2. The van der Waals surface area contributed by atoms with Gasteiger partial charge >= 0.3 is 6.18 Å². The molecule has 4 aromatic rings. The average Bonchev–Trinajstić information content (AvgIpc) is 3.44. The molecule has 0 saturated heterocycles. The lowest BCUT2D eigenvalue weighted by molar-refractivity contribution is -0.141. The Bertz CT molecular complexity index is 1620. The van der Waals surface area contributed by atoms with E-state index in [-0.39, 0.29) is 33.8 Å². The number of fused-ring (bicyclic) bond motifs is 1. The zero-order valence-electron chi connectivity index (χ0n) is 20.6. The molecule has 0 spiro atoms. The minimum absolute atomic E-state index is 0.00825. The van der Waals surface area contributed by atoms with E-state index in [9.17, 15) is 26.7 Å². The number of anilines is 1. The van der Waals surface area contributed by atoms with Crippen LogP contribution in [-0.2, 0) is 23.2 Å². The smallest absolute Gasteiger partial charge is 0.393 e. The van der Waals surface area contributed by atoms with Gasteiger partial charge in [0.2, 0.25) is 10.0 Å². The van der Waals surface area contributed by atoms with Gasteiger partial charge in [-0.05, 0) is 56.4 Å². The highest BCUT2D eigenvalue weighted by molar-refractivity contribution is 7.89.